The van der Waals surface area contributed by atoms with Crippen molar-refractivity contribution in [3.8, 4) is 5.69 Å². The normalized spacial score (nSPS) is 11.1. The molecule has 0 atom stereocenters. The zero-order valence-electron chi connectivity index (χ0n) is 10.4. The van der Waals surface area contributed by atoms with Crippen LogP contribution < -0.4 is 0 Å². The fourth-order valence-corrected chi connectivity index (χ4v) is 2.59. The standard InChI is InChI=1S/C15H12Cl2N2/c1-2-15-18-13-9-11(17)6-7-14(13)19(15)12-5-3-4-10(16)8-12/h3-9H,2H2,1H3. The van der Waals surface area contributed by atoms with Crippen molar-refractivity contribution in [3.63, 3.8) is 0 Å². The van der Waals surface area contributed by atoms with Gasteiger partial charge in [-0.05, 0) is 36.4 Å². The number of fused-ring (bicyclic) bond motifs is 1. The number of halogens is 2. The molecule has 0 spiro atoms. The summed E-state index contributed by atoms with van der Waals surface area (Å²) >= 11 is 12.1. The lowest BCUT2D eigenvalue weighted by Crippen LogP contribution is -1.99. The van der Waals surface area contributed by atoms with Gasteiger partial charge in [0.15, 0.2) is 0 Å². The summed E-state index contributed by atoms with van der Waals surface area (Å²) in [7, 11) is 0. The van der Waals surface area contributed by atoms with Gasteiger partial charge in [0.25, 0.3) is 0 Å². The molecule has 0 saturated heterocycles. The first-order valence-electron chi connectivity index (χ1n) is 6.12. The van der Waals surface area contributed by atoms with E-state index in [4.69, 9.17) is 23.2 Å². The van der Waals surface area contributed by atoms with Gasteiger partial charge in [-0.25, -0.2) is 4.98 Å². The Bertz CT molecular complexity index is 747. The summed E-state index contributed by atoms with van der Waals surface area (Å²) in [5, 5.41) is 1.42. The van der Waals surface area contributed by atoms with Gasteiger partial charge in [0, 0.05) is 22.2 Å². The van der Waals surface area contributed by atoms with Crippen LogP contribution in [0, 0.1) is 0 Å². The highest BCUT2D eigenvalue weighted by molar-refractivity contribution is 6.31. The molecule has 96 valence electrons. The van der Waals surface area contributed by atoms with Crippen molar-refractivity contribution in [3.05, 3.63) is 58.3 Å². The van der Waals surface area contributed by atoms with Gasteiger partial charge in [0.05, 0.1) is 11.0 Å². The van der Waals surface area contributed by atoms with Crippen molar-refractivity contribution in [2.24, 2.45) is 0 Å². The number of hydrogen-bond acceptors (Lipinski definition) is 1. The number of aromatic nitrogens is 2. The summed E-state index contributed by atoms with van der Waals surface area (Å²) in [6, 6.07) is 13.5. The minimum Gasteiger partial charge on any atom is -0.296 e. The molecule has 0 aliphatic heterocycles. The van der Waals surface area contributed by atoms with Gasteiger partial charge in [-0.1, -0.05) is 36.2 Å². The Balaban J connectivity index is 2.32. The molecular formula is C15H12Cl2N2. The largest absolute Gasteiger partial charge is 0.296 e. The highest BCUT2D eigenvalue weighted by Gasteiger charge is 2.11. The van der Waals surface area contributed by atoms with Crippen LogP contribution in [-0.4, -0.2) is 9.55 Å². The maximum Gasteiger partial charge on any atom is 0.114 e. The molecule has 2 nitrogen and oxygen atoms in total. The second kappa shape index (κ2) is 4.87. The van der Waals surface area contributed by atoms with Crippen LogP contribution in [0.3, 0.4) is 0 Å². The lowest BCUT2D eigenvalue weighted by molar-refractivity contribution is 0.908. The zero-order chi connectivity index (χ0) is 13.4. The van der Waals surface area contributed by atoms with E-state index < -0.39 is 0 Å². The highest BCUT2D eigenvalue weighted by atomic mass is 35.5. The molecule has 0 fully saturated rings. The Morgan fingerprint density at radius 1 is 1.05 bits per heavy atom. The molecule has 1 aromatic heterocycles. The van der Waals surface area contributed by atoms with Gasteiger partial charge >= 0.3 is 0 Å². The van der Waals surface area contributed by atoms with Crippen LogP contribution in [0.15, 0.2) is 42.5 Å². The number of imidazole rings is 1. The molecular weight excluding hydrogens is 279 g/mol. The molecule has 3 aromatic rings. The van der Waals surface area contributed by atoms with Crippen molar-refractivity contribution < 1.29 is 0 Å². The van der Waals surface area contributed by atoms with Crippen LogP contribution in [0.25, 0.3) is 16.7 Å². The molecule has 3 rings (SSSR count). The second-order valence-corrected chi connectivity index (χ2v) is 5.20. The molecule has 0 unspecified atom stereocenters. The molecule has 0 aliphatic carbocycles. The van der Waals surface area contributed by atoms with Crippen molar-refractivity contribution >= 4 is 34.2 Å². The summed E-state index contributed by atoms with van der Waals surface area (Å²) in [5.74, 6) is 1.000. The van der Waals surface area contributed by atoms with Crippen LogP contribution in [-0.2, 0) is 6.42 Å². The topological polar surface area (TPSA) is 17.8 Å². The molecule has 4 heteroatoms. The third-order valence-corrected chi connectivity index (χ3v) is 3.54. The minimum atomic E-state index is 0.700. The Kier molecular flexibility index (Phi) is 3.21. The predicted molar refractivity (Wildman–Crippen MR) is 80.5 cm³/mol. The first-order chi connectivity index (χ1) is 9.19. The summed E-state index contributed by atoms with van der Waals surface area (Å²) < 4.78 is 2.12. The molecule has 0 saturated carbocycles. The average molecular weight is 291 g/mol. The SMILES string of the molecule is CCc1nc2cc(Cl)ccc2n1-c1cccc(Cl)c1. The maximum absolute atomic E-state index is 6.08. The third-order valence-electron chi connectivity index (χ3n) is 3.07. The van der Waals surface area contributed by atoms with Crippen molar-refractivity contribution in [1.82, 2.24) is 9.55 Å². The van der Waals surface area contributed by atoms with E-state index in [-0.39, 0.29) is 0 Å². The molecule has 0 radical (unpaired) electrons. The Morgan fingerprint density at radius 2 is 1.84 bits per heavy atom. The number of benzene rings is 2. The van der Waals surface area contributed by atoms with Crippen LogP contribution in [0.5, 0.6) is 0 Å². The second-order valence-electron chi connectivity index (χ2n) is 4.33. The van der Waals surface area contributed by atoms with E-state index in [0.29, 0.717) is 5.02 Å². The van der Waals surface area contributed by atoms with E-state index in [1.54, 1.807) is 0 Å². The van der Waals surface area contributed by atoms with Crippen molar-refractivity contribution in [2.45, 2.75) is 13.3 Å². The zero-order valence-corrected chi connectivity index (χ0v) is 11.9. The molecule has 0 amide bonds. The van der Waals surface area contributed by atoms with Crippen LogP contribution in [0.2, 0.25) is 10.0 Å². The lowest BCUT2D eigenvalue weighted by Gasteiger charge is -2.08. The molecule has 2 aromatic carbocycles. The Hall–Kier alpha value is -1.51. The van der Waals surface area contributed by atoms with E-state index in [2.05, 4.69) is 16.5 Å². The van der Waals surface area contributed by atoms with Gasteiger partial charge < -0.3 is 0 Å². The van der Waals surface area contributed by atoms with Gasteiger partial charge in [-0.15, -0.1) is 0 Å². The first kappa shape index (κ1) is 12.5. The van der Waals surface area contributed by atoms with Crippen LogP contribution in [0.4, 0.5) is 0 Å². The molecule has 19 heavy (non-hydrogen) atoms. The summed E-state index contributed by atoms with van der Waals surface area (Å²) in [4.78, 5) is 4.63. The molecule has 1 heterocycles. The van der Waals surface area contributed by atoms with Crippen molar-refractivity contribution in [1.29, 1.82) is 0 Å². The van der Waals surface area contributed by atoms with Crippen LogP contribution in [0.1, 0.15) is 12.7 Å². The van der Waals surface area contributed by atoms with Crippen molar-refractivity contribution in [2.75, 3.05) is 0 Å². The van der Waals surface area contributed by atoms with E-state index in [0.717, 1.165) is 34.0 Å². The minimum absolute atomic E-state index is 0.700. The number of nitrogens with zero attached hydrogens (tertiary/aromatic N) is 2. The average Bonchev–Trinajstić information content (AvgIpc) is 2.76. The predicted octanol–water partition coefficient (Wildman–Crippen LogP) is 4.89. The first-order valence-corrected chi connectivity index (χ1v) is 6.87. The van der Waals surface area contributed by atoms with Gasteiger partial charge in [0.2, 0.25) is 0 Å². The van der Waals surface area contributed by atoms with E-state index in [9.17, 15) is 0 Å². The fourth-order valence-electron chi connectivity index (χ4n) is 2.24. The summed E-state index contributed by atoms with van der Waals surface area (Å²) in [6.07, 6.45) is 0.846. The summed E-state index contributed by atoms with van der Waals surface area (Å²) in [6.45, 7) is 2.09. The molecule has 0 N–H and O–H groups in total. The van der Waals surface area contributed by atoms with Gasteiger partial charge in [0.1, 0.15) is 5.82 Å². The Labute approximate surface area is 121 Å². The quantitative estimate of drug-likeness (QED) is 0.657. The fraction of sp³-hybridized carbons (Fsp3) is 0.133. The lowest BCUT2D eigenvalue weighted by atomic mass is 10.2. The van der Waals surface area contributed by atoms with Gasteiger partial charge in [-0.3, -0.25) is 4.57 Å². The summed E-state index contributed by atoms with van der Waals surface area (Å²) in [5.41, 5.74) is 2.97. The smallest absolute Gasteiger partial charge is 0.114 e. The third kappa shape index (κ3) is 2.22. The molecule has 0 aliphatic rings. The van der Waals surface area contributed by atoms with E-state index in [1.165, 1.54) is 0 Å². The number of aryl methyl sites for hydroxylation is 1. The highest BCUT2D eigenvalue weighted by Crippen LogP contribution is 2.25. The maximum atomic E-state index is 6.08. The van der Waals surface area contributed by atoms with E-state index in [1.807, 2.05) is 42.5 Å². The Morgan fingerprint density at radius 3 is 2.58 bits per heavy atom. The monoisotopic (exact) mass is 290 g/mol. The number of hydrogen-bond donors (Lipinski definition) is 0. The van der Waals surface area contributed by atoms with Gasteiger partial charge in [-0.2, -0.15) is 0 Å². The van der Waals surface area contributed by atoms with E-state index >= 15 is 0 Å². The number of rotatable bonds is 2. The molecule has 0 bridgehead atoms. The van der Waals surface area contributed by atoms with Crippen LogP contribution >= 0.6 is 23.2 Å².